The lowest BCUT2D eigenvalue weighted by Crippen LogP contribution is -2.04. The molecule has 0 spiro atoms. The van der Waals surface area contributed by atoms with Gasteiger partial charge in [0.05, 0.1) is 0 Å². The summed E-state index contributed by atoms with van der Waals surface area (Å²) in [7, 11) is 0. The lowest BCUT2D eigenvalue weighted by molar-refractivity contribution is 0.592. The number of hydrogen-bond acceptors (Lipinski definition) is 1. The summed E-state index contributed by atoms with van der Waals surface area (Å²) in [5.41, 5.74) is 11.1. The Morgan fingerprint density at radius 3 is 1.79 bits per heavy atom. The fraction of sp³-hybridized carbons (Fsp3) is 0.0435. The van der Waals surface area contributed by atoms with Crippen LogP contribution in [0.15, 0.2) is 162 Å². The molecule has 1 nitrogen and oxygen atoms in total. The van der Waals surface area contributed by atoms with Gasteiger partial charge in [0.1, 0.15) is 11.3 Å². The molecule has 1 heterocycles. The number of fused-ring (bicyclic) bond motifs is 3. The molecular weight excluding hydrogens is 569 g/mol. The van der Waals surface area contributed by atoms with Gasteiger partial charge in [-0.15, -0.1) is 0 Å². The van der Waals surface area contributed by atoms with Gasteiger partial charge in [0.15, 0.2) is 0 Å². The van der Waals surface area contributed by atoms with E-state index in [1.165, 1.54) is 82.2 Å². The molecule has 0 fully saturated rings. The van der Waals surface area contributed by atoms with E-state index in [-0.39, 0.29) is 0 Å². The Bertz CT molecular complexity index is 2620. The van der Waals surface area contributed by atoms with Gasteiger partial charge in [-0.1, -0.05) is 152 Å². The fourth-order valence-electron chi connectivity index (χ4n) is 7.97. The highest BCUT2D eigenvalue weighted by Crippen LogP contribution is 2.46. The minimum absolute atomic E-state index is 0.291. The number of hydrogen-bond donors (Lipinski definition) is 0. The standard InChI is InChI=1S/C46H30O/c1-3-8-29(9-4-1)30-14-16-31(17-15-30)35-22-27-42-41(28-35)46-38(12-7-13-43(46)47-42)37-24-19-34-20-25-39-36(32-10-5-2-6-11-32)23-18-33-21-26-40(37)45(34)44(33)39/h1-27,35H,28H2. The molecule has 0 saturated heterocycles. The molecular formula is C46H30O. The van der Waals surface area contributed by atoms with Crippen LogP contribution < -0.4 is 0 Å². The van der Waals surface area contributed by atoms with Crippen molar-refractivity contribution in [3.8, 4) is 33.4 Å². The molecule has 47 heavy (non-hydrogen) atoms. The molecule has 1 aliphatic carbocycles. The van der Waals surface area contributed by atoms with Crippen LogP contribution in [0.2, 0.25) is 0 Å². The zero-order valence-electron chi connectivity index (χ0n) is 25.8. The predicted molar refractivity (Wildman–Crippen MR) is 198 cm³/mol. The van der Waals surface area contributed by atoms with Gasteiger partial charge in [0, 0.05) is 16.9 Å². The Labute approximate surface area is 273 Å². The first-order chi connectivity index (χ1) is 23.3. The maximum atomic E-state index is 6.52. The maximum absolute atomic E-state index is 6.52. The van der Waals surface area contributed by atoms with E-state index >= 15 is 0 Å². The molecule has 8 aromatic carbocycles. The van der Waals surface area contributed by atoms with Crippen LogP contribution in [0.4, 0.5) is 0 Å². The van der Waals surface area contributed by atoms with Crippen molar-refractivity contribution >= 4 is 49.4 Å². The first-order valence-corrected chi connectivity index (χ1v) is 16.4. The van der Waals surface area contributed by atoms with Crippen LogP contribution in [0.1, 0.15) is 22.8 Å². The zero-order chi connectivity index (χ0) is 30.9. The molecule has 1 heteroatoms. The van der Waals surface area contributed by atoms with Crippen molar-refractivity contribution in [1.82, 2.24) is 0 Å². The van der Waals surface area contributed by atoms with Gasteiger partial charge in [-0.25, -0.2) is 0 Å². The van der Waals surface area contributed by atoms with E-state index in [0.717, 1.165) is 17.8 Å². The quantitative estimate of drug-likeness (QED) is 0.184. The molecule has 1 atom stereocenters. The highest BCUT2D eigenvalue weighted by molar-refractivity contribution is 6.28. The Balaban J connectivity index is 1.12. The Morgan fingerprint density at radius 2 is 1.06 bits per heavy atom. The van der Waals surface area contributed by atoms with Crippen molar-refractivity contribution < 1.29 is 4.42 Å². The summed E-state index contributed by atoms with van der Waals surface area (Å²) in [6.45, 7) is 0. The van der Waals surface area contributed by atoms with E-state index in [1.807, 2.05) is 0 Å². The maximum Gasteiger partial charge on any atom is 0.135 e. The number of benzene rings is 8. The zero-order valence-corrected chi connectivity index (χ0v) is 25.8. The van der Waals surface area contributed by atoms with Gasteiger partial charge in [0.2, 0.25) is 0 Å². The van der Waals surface area contributed by atoms with Crippen LogP contribution >= 0.6 is 0 Å². The Morgan fingerprint density at radius 1 is 0.447 bits per heavy atom. The highest BCUT2D eigenvalue weighted by atomic mass is 16.3. The SMILES string of the molecule is C1=CC(c2ccc(-c3ccccc3)cc2)Cc2c1oc1cccc(-c3ccc4ccc5c(-c6ccccc6)ccc6ccc3c4c65)c21. The van der Waals surface area contributed by atoms with Gasteiger partial charge in [-0.2, -0.15) is 0 Å². The molecule has 0 radical (unpaired) electrons. The van der Waals surface area contributed by atoms with Gasteiger partial charge in [-0.3, -0.25) is 0 Å². The molecule has 1 aromatic heterocycles. The van der Waals surface area contributed by atoms with Crippen LogP contribution in [0.5, 0.6) is 0 Å². The summed E-state index contributed by atoms with van der Waals surface area (Å²) in [5.74, 6) is 1.27. The average Bonchev–Trinajstić information content (AvgIpc) is 3.53. The van der Waals surface area contributed by atoms with Crippen LogP contribution in [0.3, 0.4) is 0 Å². The number of allylic oxidation sites excluding steroid dienone is 1. The molecule has 1 aliphatic rings. The molecule has 9 aromatic rings. The van der Waals surface area contributed by atoms with Crippen molar-refractivity contribution in [1.29, 1.82) is 0 Å². The third-order valence-corrected chi connectivity index (χ3v) is 10.2. The van der Waals surface area contributed by atoms with Gasteiger partial charge >= 0.3 is 0 Å². The third-order valence-electron chi connectivity index (χ3n) is 10.2. The molecule has 0 amide bonds. The number of rotatable bonds is 4. The second kappa shape index (κ2) is 10.3. The summed E-state index contributed by atoms with van der Waals surface area (Å²) in [4.78, 5) is 0. The fourth-order valence-corrected chi connectivity index (χ4v) is 7.97. The Kier molecular flexibility index (Phi) is 5.77. The second-order valence-electron chi connectivity index (χ2n) is 12.8. The Hall–Kier alpha value is -5.92. The highest BCUT2D eigenvalue weighted by Gasteiger charge is 2.25. The molecule has 0 bridgehead atoms. The van der Waals surface area contributed by atoms with E-state index in [9.17, 15) is 0 Å². The molecule has 0 N–H and O–H groups in total. The van der Waals surface area contributed by atoms with Crippen LogP contribution in [-0.4, -0.2) is 0 Å². The first-order valence-electron chi connectivity index (χ1n) is 16.4. The van der Waals surface area contributed by atoms with E-state index < -0.39 is 0 Å². The molecule has 1 unspecified atom stereocenters. The normalized spacial score (nSPS) is 14.4. The van der Waals surface area contributed by atoms with E-state index in [4.69, 9.17) is 4.42 Å². The summed E-state index contributed by atoms with van der Waals surface area (Å²) in [5, 5.41) is 9.04. The van der Waals surface area contributed by atoms with Crippen LogP contribution in [0, 0.1) is 0 Å². The third kappa shape index (κ3) is 4.10. The predicted octanol–water partition coefficient (Wildman–Crippen LogP) is 12.7. The summed E-state index contributed by atoms with van der Waals surface area (Å²) in [6.07, 6.45) is 5.41. The van der Waals surface area contributed by atoms with Crippen molar-refractivity contribution in [2.24, 2.45) is 0 Å². The number of furan rings is 1. The molecule has 10 rings (SSSR count). The summed E-state index contributed by atoms with van der Waals surface area (Å²) >= 11 is 0. The van der Waals surface area contributed by atoms with Gasteiger partial charge in [-0.05, 0) is 89.8 Å². The van der Waals surface area contributed by atoms with Crippen molar-refractivity contribution in [2.75, 3.05) is 0 Å². The topological polar surface area (TPSA) is 13.1 Å². The lowest BCUT2D eigenvalue weighted by atomic mass is 9.83. The van der Waals surface area contributed by atoms with Crippen molar-refractivity contribution in [3.05, 3.63) is 175 Å². The van der Waals surface area contributed by atoms with Gasteiger partial charge in [0.25, 0.3) is 0 Å². The summed E-state index contributed by atoms with van der Waals surface area (Å²) < 4.78 is 6.52. The van der Waals surface area contributed by atoms with E-state index in [0.29, 0.717) is 5.92 Å². The molecule has 0 aliphatic heterocycles. The van der Waals surface area contributed by atoms with Crippen molar-refractivity contribution in [2.45, 2.75) is 12.3 Å². The monoisotopic (exact) mass is 598 g/mol. The smallest absolute Gasteiger partial charge is 0.135 e. The lowest BCUT2D eigenvalue weighted by Gasteiger charge is -2.19. The van der Waals surface area contributed by atoms with Crippen LogP contribution in [-0.2, 0) is 6.42 Å². The minimum atomic E-state index is 0.291. The minimum Gasteiger partial charge on any atom is -0.456 e. The largest absolute Gasteiger partial charge is 0.456 e. The second-order valence-corrected chi connectivity index (χ2v) is 12.8. The van der Waals surface area contributed by atoms with Gasteiger partial charge < -0.3 is 4.42 Å². The summed E-state index contributed by atoms with van der Waals surface area (Å²) in [6, 6.07) is 55.3. The van der Waals surface area contributed by atoms with Crippen LogP contribution in [0.25, 0.3) is 82.7 Å². The first kappa shape index (κ1) is 26.3. The van der Waals surface area contributed by atoms with E-state index in [2.05, 4.69) is 164 Å². The molecule has 0 saturated carbocycles. The molecule has 220 valence electrons. The average molecular weight is 599 g/mol. The van der Waals surface area contributed by atoms with E-state index in [1.54, 1.807) is 0 Å². The van der Waals surface area contributed by atoms with Crippen molar-refractivity contribution in [3.63, 3.8) is 0 Å².